The summed E-state index contributed by atoms with van der Waals surface area (Å²) in [7, 11) is 1.88. The Balaban J connectivity index is 0.00000385. The Hall–Kier alpha value is -2.73. The summed E-state index contributed by atoms with van der Waals surface area (Å²) >= 11 is 0. The van der Waals surface area contributed by atoms with Gasteiger partial charge in [0.2, 0.25) is 6.29 Å². The number of hydrogen-bond donors (Lipinski definition) is 5. The van der Waals surface area contributed by atoms with Gasteiger partial charge < -0.3 is 45.4 Å². The first-order valence-electron chi connectivity index (χ1n) is 10.4. The molecule has 2 aromatic rings. The highest BCUT2D eigenvalue weighted by atomic mass is 16.7. The monoisotopic (exact) mass is 465 g/mol. The number of aryl methyl sites for hydroxylation is 1. The predicted molar refractivity (Wildman–Crippen MR) is 118 cm³/mol. The molecular formula is C23H31NO9. The van der Waals surface area contributed by atoms with Crippen LogP contribution >= 0.6 is 0 Å². The van der Waals surface area contributed by atoms with Crippen LogP contribution in [0.25, 0.3) is 0 Å². The Morgan fingerprint density at radius 2 is 1.79 bits per heavy atom. The van der Waals surface area contributed by atoms with Crippen molar-refractivity contribution in [3.63, 3.8) is 0 Å². The fraction of sp³-hybridized carbons (Fsp3) is 0.435. The minimum atomic E-state index is -1.77. The van der Waals surface area contributed by atoms with Crippen molar-refractivity contribution in [1.29, 1.82) is 0 Å². The second kappa shape index (κ2) is 11.9. The summed E-state index contributed by atoms with van der Waals surface area (Å²) in [5, 5.41) is 42.2. The molecule has 0 aromatic heterocycles. The van der Waals surface area contributed by atoms with E-state index in [0.717, 1.165) is 24.1 Å². The van der Waals surface area contributed by atoms with Gasteiger partial charge >= 0.3 is 5.97 Å². The van der Waals surface area contributed by atoms with Crippen molar-refractivity contribution < 1.29 is 44.9 Å². The lowest BCUT2D eigenvalue weighted by molar-refractivity contribution is -0.271. The standard InChI is InChI=1S/C23H29NO8.H2O/c1-13-12-15(30-23-20(27)18(25)19(26)21(32-23)22(28)29)8-9-16(13)31-17(10-11-24-2)14-6-4-3-5-7-14;/h3-9,12,17-21,23-27H,10-11H2,1-2H3,(H,28,29);1H2/t17-,18+,19+,20-,21+,23-;/m1./s1. The van der Waals surface area contributed by atoms with Gasteiger partial charge in [0.05, 0.1) is 0 Å². The maximum atomic E-state index is 11.3. The molecule has 0 saturated carbocycles. The lowest BCUT2D eigenvalue weighted by atomic mass is 9.99. The van der Waals surface area contributed by atoms with Gasteiger partial charge in [0.25, 0.3) is 0 Å². The smallest absolute Gasteiger partial charge is 0.335 e. The maximum Gasteiger partial charge on any atom is 0.335 e. The van der Waals surface area contributed by atoms with Gasteiger partial charge in [0.1, 0.15) is 35.9 Å². The Morgan fingerprint density at radius 3 is 2.39 bits per heavy atom. The second-order valence-corrected chi connectivity index (χ2v) is 7.69. The van der Waals surface area contributed by atoms with Crippen LogP contribution in [0.4, 0.5) is 0 Å². The normalized spacial score (nSPS) is 25.5. The molecule has 33 heavy (non-hydrogen) atoms. The molecule has 6 atom stereocenters. The Kier molecular flexibility index (Phi) is 9.59. The average molecular weight is 465 g/mol. The number of aliphatic carboxylic acids is 1. The predicted octanol–water partition coefficient (Wildman–Crippen LogP) is 0.171. The third kappa shape index (κ3) is 6.41. The molecule has 1 aliphatic rings. The molecule has 0 aliphatic carbocycles. The molecule has 10 heteroatoms. The molecule has 1 saturated heterocycles. The van der Waals surface area contributed by atoms with Crippen molar-refractivity contribution in [3.8, 4) is 11.5 Å². The number of aliphatic hydroxyl groups is 3. The van der Waals surface area contributed by atoms with Crippen molar-refractivity contribution in [1.82, 2.24) is 5.32 Å². The summed E-state index contributed by atoms with van der Waals surface area (Å²) in [6.07, 6.45) is -7.71. The van der Waals surface area contributed by atoms with E-state index in [9.17, 15) is 20.1 Å². The topological polar surface area (TPSA) is 169 Å². The van der Waals surface area contributed by atoms with E-state index >= 15 is 0 Å². The molecule has 0 spiro atoms. The lowest BCUT2D eigenvalue weighted by Crippen LogP contribution is -2.61. The number of carboxylic acids is 1. The SMILES string of the molecule is CNCC[C@@H](Oc1ccc(O[C@@H]2O[C@H](C(=O)O)[C@@H](O)[C@H](O)[C@H]2O)cc1C)c1ccccc1.O. The number of hydrogen-bond acceptors (Lipinski definition) is 8. The van der Waals surface area contributed by atoms with Crippen LogP contribution in [-0.4, -0.2) is 76.2 Å². The molecule has 3 rings (SSSR count). The molecule has 0 unspecified atom stereocenters. The summed E-state index contributed by atoms with van der Waals surface area (Å²) < 4.78 is 17.0. The number of carbonyl (C=O) groups is 1. The van der Waals surface area contributed by atoms with E-state index in [2.05, 4.69) is 5.32 Å². The Bertz CT molecular complexity index is 895. The van der Waals surface area contributed by atoms with Crippen LogP contribution in [0.3, 0.4) is 0 Å². The van der Waals surface area contributed by atoms with E-state index < -0.39 is 36.7 Å². The van der Waals surface area contributed by atoms with E-state index in [1.807, 2.05) is 44.3 Å². The number of carboxylic acid groups (broad SMARTS) is 1. The van der Waals surface area contributed by atoms with E-state index in [1.165, 1.54) is 0 Å². The first-order valence-corrected chi connectivity index (χ1v) is 10.4. The van der Waals surface area contributed by atoms with Gasteiger partial charge in [-0.15, -0.1) is 0 Å². The lowest BCUT2D eigenvalue weighted by Gasteiger charge is -2.38. The summed E-state index contributed by atoms with van der Waals surface area (Å²) in [6.45, 7) is 2.61. The van der Waals surface area contributed by atoms with E-state index in [4.69, 9.17) is 19.3 Å². The quantitative estimate of drug-likeness (QED) is 0.346. The molecule has 2 aromatic carbocycles. The van der Waals surface area contributed by atoms with Gasteiger partial charge in [0, 0.05) is 6.42 Å². The van der Waals surface area contributed by atoms with Crippen molar-refractivity contribution in [2.24, 2.45) is 0 Å². The molecule has 1 fully saturated rings. The number of rotatable bonds is 9. The summed E-state index contributed by atoms with van der Waals surface area (Å²) in [5.41, 5.74) is 1.81. The van der Waals surface area contributed by atoms with Crippen LogP contribution in [0, 0.1) is 6.92 Å². The van der Waals surface area contributed by atoms with Gasteiger partial charge in [-0.1, -0.05) is 30.3 Å². The van der Waals surface area contributed by atoms with Crippen LogP contribution in [0.5, 0.6) is 11.5 Å². The first kappa shape index (κ1) is 26.5. The zero-order valence-electron chi connectivity index (χ0n) is 18.4. The Morgan fingerprint density at radius 1 is 1.09 bits per heavy atom. The molecule has 1 heterocycles. The van der Waals surface area contributed by atoms with E-state index in [-0.39, 0.29) is 17.3 Å². The molecule has 182 valence electrons. The maximum absolute atomic E-state index is 11.3. The van der Waals surface area contributed by atoms with Crippen molar-refractivity contribution >= 4 is 5.97 Å². The highest BCUT2D eigenvalue weighted by Crippen LogP contribution is 2.31. The summed E-state index contributed by atoms with van der Waals surface area (Å²) in [5.74, 6) is -0.532. The van der Waals surface area contributed by atoms with Crippen LogP contribution in [0.1, 0.15) is 23.7 Å². The number of benzene rings is 2. The zero-order chi connectivity index (χ0) is 23.3. The molecule has 0 radical (unpaired) electrons. The average Bonchev–Trinajstić information content (AvgIpc) is 2.78. The van der Waals surface area contributed by atoms with Crippen molar-refractivity contribution in [2.75, 3.05) is 13.6 Å². The molecule has 7 N–H and O–H groups in total. The number of ether oxygens (including phenoxy) is 3. The summed E-state index contributed by atoms with van der Waals surface area (Å²) in [4.78, 5) is 11.3. The minimum absolute atomic E-state index is 0. The number of aliphatic hydroxyl groups excluding tert-OH is 3. The van der Waals surface area contributed by atoms with Gasteiger partial charge in [-0.3, -0.25) is 0 Å². The van der Waals surface area contributed by atoms with Crippen LogP contribution < -0.4 is 14.8 Å². The molecular weight excluding hydrogens is 434 g/mol. The molecule has 1 aliphatic heterocycles. The second-order valence-electron chi connectivity index (χ2n) is 7.69. The van der Waals surface area contributed by atoms with E-state index in [1.54, 1.807) is 18.2 Å². The third-order valence-electron chi connectivity index (χ3n) is 5.31. The van der Waals surface area contributed by atoms with Crippen LogP contribution in [0.2, 0.25) is 0 Å². The van der Waals surface area contributed by atoms with Gasteiger partial charge in [-0.2, -0.15) is 0 Å². The highest BCUT2D eigenvalue weighted by molar-refractivity contribution is 5.73. The van der Waals surface area contributed by atoms with Gasteiger partial charge in [-0.25, -0.2) is 4.79 Å². The zero-order valence-corrected chi connectivity index (χ0v) is 18.4. The highest BCUT2D eigenvalue weighted by Gasteiger charge is 2.48. The minimum Gasteiger partial charge on any atom is -0.485 e. The number of nitrogens with one attached hydrogen (secondary N) is 1. The Labute approximate surface area is 191 Å². The van der Waals surface area contributed by atoms with Crippen LogP contribution in [0.15, 0.2) is 48.5 Å². The van der Waals surface area contributed by atoms with Crippen LogP contribution in [-0.2, 0) is 9.53 Å². The molecule has 10 nitrogen and oxygen atoms in total. The molecule has 0 amide bonds. The van der Waals surface area contributed by atoms with Gasteiger partial charge in [-0.05, 0) is 49.8 Å². The first-order chi connectivity index (χ1) is 15.3. The van der Waals surface area contributed by atoms with E-state index in [0.29, 0.717) is 5.75 Å². The third-order valence-corrected chi connectivity index (χ3v) is 5.31. The summed E-state index contributed by atoms with van der Waals surface area (Å²) in [6, 6.07) is 14.9. The largest absolute Gasteiger partial charge is 0.485 e. The van der Waals surface area contributed by atoms with Crippen molar-refractivity contribution in [3.05, 3.63) is 59.7 Å². The fourth-order valence-corrected chi connectivity index (χ4v) is 3.50. The fourth-order valence-electron chi connectivity index (χ4n) is 3.50. The van der Waals surface area contributed by atoms with Gasteiger partial charge in [0.15, 0.2) is 6.10 Å². The molecule has 0 bridgehead atoms. The van der Waals surface area contributed by atoms with Crippen molar-refractivity contribution in [2.45, 2.75) is 50.2 Å².